The maximum absolute atomic E-state index is 12.5. The fourth-order valence-corrected chi connectivity index (χ4v) is 2.16. The molecule has 1 heterocycles. The summed E-state index contributed by atoms with van der Waals surface area (Å²) in [6.45, 7) is 2.73. The smallest absolute Gasteiger partial charge is 0.387 e. The highest BCUT2D eigenvalue weighted by Crippen LogP contribution is 2.30. The molecule has 1 saturated heterocycles. The Hall–Kier alpha value is -2.09. The maximum atomic E-state index is 12.5. The van der Waals surface area contributed by atoms with Crippen molar-refractivity contribution in [3.63, 3.8) is 0 Å². The number of nitrogens with zero attached hydrogens (tertiary/aromatic N) is 1. The van der Waals surface area contributed by atoms with Crippen LogP contribution in [0.3, 0.4) is 0 Å². The topological polar surface area (TPSA) is 69.6 Å². The van der Waals surface area contributed by atoms with Crippen LogP contribution >= 0.6 is 0 Å². The number of alkyl halides is 3. The standard InChI is InChI=1S/C14H15F3N2O3/c1-13(2)11(21)19(12(22)18-13)7-10(20)8-3-5-9(6-4-8)14(15,16)17/h3-6,10,20H,7H2,1-2H3,(H,18,22)/t10-/m1/s1. The van der Waals surface area contributed by atoms with Crippen molar-refractivity contribution in [1.29, 1.82) is 0 Å². The zero-order valence-electron chi connectivity index (χ0n) is 11.9. The average Bonchev–Trinajstić information content (AvgIpc) is 2.60. The molecule has 3 amide bonds. The number of β-amino-alcohol motifs (C(OH)–C–C–N with tert-alkyl or cyclic N) is 1. The number of hydrogen-bond acceptors (Lipinski definition) is 3. The van der Waals surface area contributed by atoms with Gasteiger partial charge in [0.05, 0.1) is 18.2 Å². The van der Waals surface area contributed by atoms with Crippen LogP contribution in [0.25, 0.3) is 0 Å². The Morgan fingerprint density at radius 2 is 1.77 bits per heavy atom. The molecule has 0 bridgehead atoms. The number of imide groups is 1. The number of aliphatic hydroxyl groups is 1. The van der Waals surface area contributed by atoms with Gasteiger partial charge in [-0.3, -0.25) is 9.69 Å². The minimum Gasteiger partial charge on any atom is -0.387 e. The van der Waals surface area contributed by atoms with Gasteiger partial charge in [0.1, 0.15) is 5.54 Å². The van der Waals surface area contributed by atoms with Crippen LogP contribution in [0.15, 0.2) is 24.3 Å². The molecule has 0 unspecified atom stereocenters. The van der Waals surface area contributed by atoms with Crippen molar-refractivity contribution in [2.24, 2.45) is 0 Å². The molecule has 0 saturated carbocycles. The van der Waals surface area contributed by atoms with E-state index in [4.69, 9.17) is 0 Å². The van der Waals surface area contributed by atoms with Gasteiger partial charge >= 0.3 is 12.2 Å². The van der Waals surface area contributed by atoms with Gasteiger partial charge in [0.2, 0.25) is 0 Å². The molecule has 5 nitrogen and oxygen atoms in total. The molecule has 1 atom stereocenters. The summed E-state index contributed by atoms with van der Waals surface area (Å²) >= 11 is 0. The van der Waals surface area contributed by atoms with Crippen molar-refractivity contribution in [3.05, 3.63) is 35.4 Å². The second-order valence-electron chi connectivity index (χ2n) is 5.61. The number of hydrogen-bond donors (Lipinski definition) is 2. The van der Waals surface area contributed by atoms with E-state index in [2.05, 4.69) is 5.32 Å². The number of nitrogens with one attached hydrogen (secondary N) is 1. The molecule has 1 aliphatic heterocycles. The molecule has 1 aliphatic rings. The zero-order chi connectivity index (χ0) is 16.7. The van der Waals surface area contributed by atoms with Crippen LogP contribution in [-0.4, -0.2) is 34.0 Å². The summed E-state index contributed by atoms with van der Waals surface area (Å²) in [4.78, 5) is 24.5. The van der Waals surface area contributed by atoms with Crippen LogP contribution in [0.2, 0.25) is 0 Å². The first-order chi connectivity index (χ1) is 10.0. The van der Waals surface area contributed by atoms with Crippen molar-refractivity contribution >= 4 is 11.9 Å². The summed E-state index contributed by atoms with van der Waals surface area (Å²) in [5, 5.41) is 12.5. The van der Waals surface area contributed by atoms with E-state index in [0.29, 0.717) is 0 Å². The van der Waals surface area contributed by atoms with E-state index in [1.807, 2.05) is 0 Å². The van der Waals surface area contributed by atoms with Crippen LogP contribution in [0.1, 0.15) is 31.1 Å². The molecule has 2 N–H and O–H groups in total. The molecule has 120 valence electrons. The number of benzene rings is 1. The first-order valence-electron chi connectivity index (χ1n) is 6.52. The number of carbonyl (C=O) groups is 2. The highest BCUT2D eigenvalue weighted by atomic mass is 19.4. The van der Waals surface area contributed by atoms with E-state index in [-0.39, 0.29) is 12.1 Å². The number of amides is 3. The third kappa shape index (κ3) is 3.06. The molecular weight excluding hydrogens is 301 g/mol. The summed E-state index contributed by atoms with van der Waals surface area (Å²) in [5.74, 6) is -0.497. The number of halogens is 3. The number of rotatable bonds is 3. The predicted octanol–water partition coefficient (Wildman–Crippen LogP) is 2.07. The minimum atomic E-state index is -4.46. The lowest BCUT2D eigenvalue weighted by Crippen LogP contribution is -2.40. The Labute approximate surface area is 124 Å². The summed E-state index contributed by atoms with van der Waals surface area (Å²) in [6.07, 6.45) is -5.72. The third-order valence-electron chi connectivity index (χ3n) is 3.42. The molecule has 0 aliphatic carbocycles. The second kappa shape index (κ2) is 5.28. The van der Waals surface area contributed by atoms with Crippen molar-refractivity contribution in [1.82, 2.24) is 10.2 Å². The monoisotopic (exact) mass is 316 g/mol. The van der Waals surface area contributed by atoms with Crippen molar-refractivity contribution in [2.45, 2.75) is 31.7 Å². The molecule has 1 aromatic rings. The lowest BCUT2D eigenvalue weighted by Gasteiger charge is -2.19. The lowest BCUT2D eigenvalue weighted by molar-refractivity contribution is -0.137. The highest BCUT2D eigenvalue weighted by Gasteiger charge is 2.44. The number of urea groups is 1. The van der Waals surface area contributed by atoms with Crippen molar-refractivity contribution in [3.8, 4) is 0 Å². The van der Waals surface area contributed by atoms with Crippen LogP contribution < -0.4 is 5.32 Å². The average molecular weight is 316 g/mol. The number of aliphatic hydroxyl groups excluding tert-OH is 1. The normalized spacial score (nSPS) is 19.3. The Balaban J connectivity index is 2.11. The predicted molar refractivity (Wildman–Crippen MR) is 70.7 cm³/mol. The first kappa shape index (κ1) is 16.3. The van der Waals surface area contributed by atoms with Crippen LogP contribution in [0.4, 0.5) is 18.0 Å². The highest BCUT2D eigenvalue weighted by molar-refractivity contribution is 6.06. The van der Waals surface area contributed by atoms with E-state index in [9.17, 15) is 27.9 Å². The Morgan fingerprint density at radius 1 is 1.23 bits per heavy atom. The van der Waals surface area contributed by atoms with E-state index in [0.717, 1.165) is 29.2 Å². The van der Waals surface area contributed by atoms with E-state index >= 15 is 0 Å². The van der Waals surface area contributed by atoms with Gasteiger partial charge < -0.3 is 10.4 Å². The fraction of sp³-hybridized carbons (Fsp3) is 0.429. The van der Waals surface area contributed by atoms with Crippen LogP contribution in [-0.2, 0) is 11.0 Å². The molecule has 1 aromatic carbocycles. The largest absolute Gasteiger partial charge is 0.416 e. The van der Waals surface area contributed by atoms with Crippen molar-refractivity contribution < 1.29 is 27.9 Å². The molecular formula is C14H15F3N2O3. The minimum absolute atomic E-state index is 0.193. The third-order valence-corrected chi connectivity index (χ3v) is 3.42. The second-order valence-corrected chi connectivity index (χ2v) is 5.61. The van der Waals surface area contributed by atoms with Gasteiger partial charge in [-0.05, 0) is 31.5 Å². The molecule has 8 heteroatoms. The summed E-state index contributed by atoms with van der Waals surface area (Å²) in [7, 11) is 0. The molecule has 1 fully saturated rings. The Kier molecular flexibility index (Phi) is 3.90. The van der Waals surface area contributed by atoms with Gasteiger partial charge in [-0.25, -0.2) is 4.79 Å². The van der Waals surface area contributed by atoms with Gasteiger partial charge in [-0.15, -0.1) is 0 Å². The molecule has 2 rings (SSSR count). The SMILES string of the molecule is CC1(C)NC(=O)N(C[C@@H](O)c2ccc(C(F)(F)F)cc2)C1=O. The van der Waals surface area contributed by atoms with Gasteiger partial charge in [0.25, 0.3) is 5.91 Å². The molecule has 22 heavy (non-hydrogen) atoms. The molecule has 0 aromatic heterocycles. The summed E-state index contributed by atoms with van der Waals surface area (Å²) in [5.41, 5.74) is -1.70. The fourth-order valence-electron chi connectivity index (χ4n) is 2.16. The summed E-state index contributed by atoms with van der Waals surface area (Å²) < 4.78 is 37.4. The van der Waals surface area contributed by atoms with E-state index < -0.39 is 35.3 Å². The van der Waals surface area contributed by atoms with Crippen LogP contribution in [0.5, 0.6) is 0 Å². The van der Waals surface area contributed by atoms with E-state index in [1.165, 1.54) is 13.8 Å². The van der Waals surface area contributed by atoms with Gasteiger partial charge in [-0.1, -0.05) is 12.1 Å². The van der Waals surface area contributed by atoms with E-state index in [1.54, 1.807) is 0 Å². The molecule has 0 radical (unpaired) electrons. The van der Waals surface area contributed by atoms with Gasteiger partial charge in [-0.2, -0.15) is 13.2 Å². The Morgan fingerprint density at radius 3 is 2.18 bits per heavy atom. The summed E-state index contributed by atoms with van der Waals surface area (Å²) in [6, 6.07) is 3.29. The first-order valence-corrected chi connectivity index (χ1v) is 6.52. The maximum Gasteiger partial charge on any atom is 0.416 e. The quantitative estimate of drug-likeness (QED) is 0.839. The zero-order valence-corrected chi connectivity index (χ0v) is 11.9. The Bertz CT molecular complexity index is 596. The number of carbonyl (C=O) groups excluding carboxylic acids is 2. The van der Waals surface area contributed by atoms with Gasteiger partial charge in [0.15, 0.2) is 0 Å². The van der Waals surface area contributed by atoms with Crippen molar-refractivity contribution in [2.75, 3.05) is 6.54 Å². The lowest BCUT2D eigenvalue weighted by atomic mass is 10.0. The van der Waals surface area contributed by atoms with Gasteiger partial charge in [0, 0.05) is 0 Å². The van der Waals surface area contributed by atoms with Crippen LogP contribution in [0, 0.1) is 0 Å². The molecule has 0 spiro atoms.